The van der Waals surface area contributed by atoms with Crippen LogP contribution in [0.5, 0.6) is 0 Å². The van der Waals surface area contributed by atoms with Crippen LogP contribution >= 0.6 is 0 Å². The van der Waals surface area contributed by atoms with Gasteiger partial charge in [0.05, 0.1) is 25.4 Å². The standard InChI is InChI=1S/C12H22O9/c13-2-6-10(17)8(15)4(20-6)1-5-9(16)12(19)11(18)7(3-14)21-5/h4-19H,1-3H2/t4-,5+,6+,7+,8+,9-,10+,11+,12+/m0/s1. The molecule has 7 N–H and O–H groups in total. The molecule has 0 aromatic carbocycles. The highest BCUT2D eigenvalue weighted by molar-refractivity contribution is 4.97. The summed E-state index contributed by atoms with van der Waals surface area (Å²) in [7, 11) is 0. The Kier molecular flexibility index (Phi) is 5.52. The van der Waals surface area contributed by atoms with Crippen molar-refractivity contribution in [1.82, 2.24) is 0 Å². The fourth-order valence-corrected chi connectivity index (χ4v) is 2.77. The van der Waals surface area contributed by atoms with Crippen molar-refractivity contribution in [1.29, 1.82) is 0 Å². The SMILES string of the molecule is OC[C@H]1O[C@H](C[C@@H]2O[C@H](CO)[C@@H](O)[C@@H]2O)[C@H](O)[C@@H](O)[C@@H]1O. The van der Waals surface area contributed by atoms with E-state index in [9.17, 15) is 25.5 Å². The molecule has 2 fully saturated rings. The first kappa shape index (κ1) is 17.0. The summed E-state index contributed by atoms with van der Waals surface area (Å²) in [6.45, 7) is -1.01. The van der Waals surface area contributed by atoms with Crippen molar-refractivity contribution in [2.24, 2.45) is 0 Å². The summed E-state index contributed by atoms with van der Waals surface area (Å²) in [5.41, 5.74) is 0. The first-order valence-electron chi connectivity index (χ1n) is 6.83. The minimum atomic E-state index is -1.50. The van der Waals surface area contributed by atoms with Gasteiger partial charge in [0.2, 0.25) is 0 Å². The lowest BCUT2D eigenvalue weighted by molar-refractivity contribution is -0.236. The molecule has 0 spiro atoms. The molecule has 0 aromatic rings. The van der Waals surface area contributed by atoms with Gasteiger partial charge < -0.3 is 45.2 Å². The van der Waals surface area contributed by atoms with E-state index in [1.165, 1.54) is 0 Å². The zero-order valence-electron chi connectivity index (χ0n) is 11.3. The molecule has 9 nitrogen and oxygen atoms in total. The monoisotopic (exact) mass is 310 g/mol. The second-order valence-electron chi connectivity index (χ2n) is 5.48. The van der Waals surface area contributed by atoms with Crippen LogP contribution in [0.4, 0.5) is 0 Å². The third-order valence-corrected chi connectivity index (χ3v) is 4.10. The number of hydrogen-bond acceptors (Lipinski definition) is 9. The van der Waals surface area contributed by atoms with Crippen LogP contribution in [0.15, 0.2) is 0 Å². The highest BCUT2D eigenvalue weighted by Gasteiger charge is 2.48. The van der Waals surface area contributed by atoms with E-state index >= 15 is 0 Å². The smallest absolute Gasteiger partial charge is 0.111 e. The molecule has 9 atom stereocenters. The van der Waals surface area contributed by atoms with E-state index in [4.69, 9.17) is 19.7 Å². The van der Waals surface area contributed by atoms with Crippen molar-refractivity contribution in [2.75, 3.05) is 13.2 Å². The summed E-state index contributed by atoms with van der Waals surface area (Å²) < 4.78 is 10.6. The van der Waals surface area contributed by atoms with Crippen LogP contribution in [0.25, 0.3) is 0 Å². The van der Waals surface area contributed by atoms with Gasteiger partial charge >= 0.3 is 0 Å². The number of hydrogen-bond donors (Lipinski definition) is 7. The molecule has 0 amide bonds. The normalized spacial score (nSPS) is 51.3. The van der Waals surface area contributed by atoms with Crippen LogP contribution in [0.1, 0.15) is 6.42 Å². The van der Waals surface area contributed by atoms with Crippen LogP contribution in [-0.2, 0) is 9.47 Å². The Morgan fingerprint density at radius 2 is 0.857 bits per heavy atom. The zero-order valence-corrected chi connectivity index (χ0v) is 11.3. The number of aliphatic hydroxyl groups is 7. The quantitative estimate of drug-likeness (QED) is 0.272. The fourth-order valence-electron chi connectivity index (χ4n) is 2.77. The van der Waals surface area contributed by atoms with Gasteiger partial charge in [-0.05, 0) is 0 Å². The van der Waals surface area contributed by atoms with E-state index in [0.29, 0.717) is 0 Å². The molecule has 2 aliphatic heterocycles. The van der Waals surface area contributed by atoms with Gasteiger partial charge in [0, 0.05) is 6.42 Å². The molecule has 0 bridgehead atoms. The highest BCUT2D eigenvalue weighted by atomic mass is 16.6. The average Bonchev–Trinajstić information content (AvgIpc) is 2.75. The molecule has 9 heteroatoms. The highest BCUT2D eigenvalue weighted by Crippen LogP contribution is 2.30. The lowest BCUT2D eigenvalue weighted by Crippen LogP contribution is -2.59. The summed E-state index contributed by atoms with van der Waals surface area (Å²) >= 11 is 0. The van der Waals surface area contributed by atoms with Crippen LogP contribution in [0, 0.1) is 0 Å². The van der Waals surface area contributed by atoms with Gasteiger partial charge in [0.1, 0.15) is 42.7 Å². The Morgan fingerprint density at radius 3 is 1.29 bits per heavy atom. The second-order valence-corrected chi connectivity index (χ2v) is 5.48. The van der Waals surface area contributed by atoms with Crippen LogP contribution in [0.2, 0.25) is 0 Å². The maximum absolute atomic E-state index is 9.89. The van der Waals surface area contributed by atoms with Gasteiger partial charge in [-0.25, -0.2) is 0 Å². The molecule has 2 saturated heterocycles. The minimum absolute atomic E-state index is 0.0732. The predicted molar refractivity (Wildman–Crippen MR) is 66.1 cm³/mol. The molecule has 124 valence electrons. The van der Waals surface area contributed by atoms with E-state index in [1.807, 2.05) is 0 Å². The molecule has 0 saturated carbocycles. The predicted octanol–water partition coefficient (Wildman–Crippen LogP) is -4.30. The van der Waals surface area contributed by atoms with E-state index in [-0.39, 0.29) is 6.42 Å². The molecule has 0 radical (unpaired) electrons. The van der Waals surface area contributed by atoms with Crippen LogP contribution in [0.3, 0.4) is 0 Å². The summed E-state index contributed by atoms with van der Waals surface area (Å²) in [5.74, 6) is 0. The Labute approximate surface area is 121 Å². The van der Waals surface area contributed by atoms with Crippen molar-refractivity contribution >= 4 is 0 Å². The van der Waals surface area contributed by atoms with Crippen molar-refractivity contribution in [3.63, 3.8) is 0 Å². The van der Waals surface area contributed by atoms with Gasteiger partial charge in [0.25, 0.3) is 0 Å². The molecule has 21 heavy (non-hydrogen) atoms. The van der Waals surface area contributed by atoms with E-state index in [0.717, 1.165) is 0 Å². The van der Waals surface area contributed by atoms with Gasteiger partial charge in [0.15, 0.2) is 0 Å². The average molecular weight is 310 g/mol. The van der Waals surface area contributed by atoms with Crippen molar-refractivity contribution < 1.29 is 45.2 Å². The molecule has 0 aliphatic carbocycles. The number of aliphatic hydroxyl groups excluding tert-OH is 7. The Balaban J connectivity index is 2.01. The summed E-state index contributed by atoms with van der Waals surface area (Å²) in [6.07, 6.45) is -10.9. The summed E-state index contributed by atoms with van der Waals surface area (Å²) in [5, 5.41) is 66.8. The van der Waals surface area contributed by atoms with Crippen molar-refractivity contribution in [3.05, 3.63) is 0 Å². The first-order valence-corrected chi connectivity index (χ1v) is 6.83. The van der Waals surface area contributed by atoms with Gasteiger partial charge in [-0.15, -0.1) is 0 Å². The Bertz CT molecular complexity index is 339. The molecular formula is C12H22O9. The molecule has 2 aliphatic rings. The Hall–Kier alpha value is -0.360. The fraction of sp³-hybridized carbons (Fsp3) is 1.00. The zero-order chi connectivity index (χ0) is 15.7. The molecule has 0 unspecified atom stereocenters. The molecule has 2 rings (SSSR count). The molecular weight excluding hydrogens is 288 g/mol. The Morgan fingerprint density at radius 1 is 0.524 bits per heavy atom. The number of ether oxygens (including phenoxy) is 2. The molecule has 0 aromatic heterocycles. The maximum atomic E-state index is 9.89. The van der Waals surface area contributed by atoms with Gasteiger partial charge in [-0.3, -0.25) is 0 Å². The first-order chi connectivity index (χ1) is 9.90. The summed E-state index contributed by atoms with van der Waals surface area (Å²) in [6, 6.07) is 0. The van der Waals surface area contributed by atoms with Crippen molar-refractivity contribution in [2.45, 2.75) is 61.4 Å². The topological polar surface area (TPSA) is 160 Å². The van der Waals surface area contributed by atoms with E-state index in [2.05, 4.69) is 0 Å². The van der Waals surface area contributed by atoms with E-state index < -0.39 is 68.1 Å². The lowest BCUT2D eigenvalue weighted by Gasteiger charge is -2.41. The maximum Gasteiger partial charge on any atom is 0.111 e. The largest absolute Gasteiger partial charge is 0.394 e. The van der Waals surface area contributed by atoms with Crippen molar-refractivity contribution in [3.8, 4) is 0 Å². The summed E-state index contributed by atoms with van der Waals surface area (Å²) in [4.78, 5) is 0. The molecule has 2 heterocycles. The number of rotatable bonds is 4. The van der Waals surface area contributed by atoms with Crippen LogP contribution in [-0.4, -0.2) is 104 Å². The van der Waals surface area contributed by atoms with Gasteiger partial charge in [-0.1, -0.05) is 0 Å². The second kappa shape index (κ2) is 6.82. The van der Waals surface area contributed by atoms with Crippen LogP contribution < -0.4 is 0 Å². The third kappa shape index (κ3) is 3.21. The van der Waals surface area contributed by atoms with Gasteiger partial charge in [-0.2, -0.15) is 0 Å². The third-order valence-electron chi connectivity index (χ3n) is 4.10. The van der Waals surface area contributed by atoms with E-state index in [1.54, 1.807) is 0 Å². The minimum Gasteiger partial charge on any atom is -0.394 e. The lowest BCUT2D eigenvalue weighted by atomic mass is 9.91.